The summed E-state index contributed by atoms with van der Waals surface area (Å²) >= 11 is 0. The first-order valence-electron chi connectivity index (χ1n) is 10.8. The highest BCUT2D eigenvalue weighted by Gasteiger charge is 2.39. The molecule has 0 radical (unpaired) electrons. The first-order chi connectivity index (χ1) is 15.9. The Labute approximate surface area is 192 Å². The van der Waals surface area contributed by atoms with Crippen molar-refractivity contribution in [2.45, 2.75) is 17.4 Å². The van der Waals surface area contributed by atoms with E-state index in [0.29, 0.717) is 25.1 Å². The topological polar surface area (TPSA) is 57.7 Å². The number of hydrogen-bond acceptors (Lipinski definition) is 4. The molecule has 2 aliphatic heterocycles. The van der Waals surface area contributed by atoms with Crippen LogP contribution in [0.4, 0.5) is 15.8 Å². The molecular formula is C26H23FN2O3S. The third kappa shape index (κ3) is 3.72. The third-order valence-corrected chi connectivity index (χ3v) is 7.36. The van der Waals surface area contributed by atoms with Crippen molar-refractivity contribution >= 4 is 33.2 Å². The number of rotatable bonds is 4. The van der Waals surface area contributed by atoms with Gasteiger partial charge in [-0.2, -0.15) is 0 Å². The lowest BCUT2D eigenvalue weighted by atomic mass is 10.0. The van der Waals surface area contributed by atoms with Gasteiger partial charge in [0.05, 0.1) is 5.69 Å². The lowest BCUT2D eigenvalue weighted by molar-refractivity contribution is -0.118. The van der Waals surface area contributed by atoms with Crippen molar-refractivity contribution in [3.05, 3.63) is 84.2 Å². The summed E-state index contributed by atoms with van der Waals surface area (Å²) in [5.41, 5.74) is 2.90. The summed E-state index contributed by atoms with van der Waals surface area (Å²) in [6.07, 6.45) is 5.56. The van der Waals surface area contributed by atoms with E-state index in [0.717, 1.165) is 17.5 Å². The summed E-state index contributed by atoms with van der Waals surface area (Å²) in [5, 5.41) is 0. The largest absolute Gasteiger partial charge is 0.355 e. The summed E-state index contributed by atoms with van der Waals surface area (Å²) in [6.45, 7) is 0.905. The first kappa shape index (κ1) is 21.4. The van der Waals surface area contributed by atoms with Crippen LogP contribution in [0.5, 0.6) is 0 Å². The fourth-order valence-electron chi connectivity index (χ4n) is 4.73. The van der Waals surface area contributed by atoms with Gasteiger partial charge in [0, 0.05) is 30.6 Å². The predicted molar refractivity (Wildman–Crippen MR) is 129 cm³/mol. The molecule has 0 bridgehead atoms. The zero-order valence-electron chi connectivity index (χ0n) is 18.1. The van der Waals surface area contributed by atoms with Gasteiger partial charge in [-0.1, -0.05) is 66.7 Å². The average Bonchev–Trinajstić information content (AvgIpc) is 3.19. The van der Waals surface area contributed by atoms with Crippen LogP contribution in [-0.2, 0) is 14.6 Å². The van der Waals surface area contributed by atoms with Crippen LogP contribution < -0.4 is 9.80 Å². The molecule has 3 aromatic carbocycles. The van der Waals surface area contributed by atoms with Crippen LogP contribution in [0.1, 0.15) is 12.0 Å². The summed E-state index contributed by atoms with van der Waals surface area (Å²) in [7, 11) is -3.89. The van der Waals surface area contributed by atoms with Crippen molar-refractivity contribution < 1.29 is 17.6 Å². The Bertz CT molecular complexity index is 1370. The Morgan fingerprint density at radius 3 is 2.42 bits per heavy atom. The maximum absolute atomic E-state index is 15.8. The van der Waals surface area contributed by atoms with Crippen LogP contribution in [-0.4, -0.2) is 39.7 Å². The molecule has 5 nitrogen and oxygen atoms in total. The number of amides is 1. The molecule has 2 aliphatic rings. The summed E-state index contributed by atoms with van der Waals surface area (Å²) < 4.78 is 40.9. The van der Waals surface area contributed by atoms with Gasteiger partial charge in [-0.25, -0.2) is 12.8 Å². The van der Waals surface area contributed by atoms with E-state index in [1.54, 1.807) is 30.3 Å². The Balaban J connectivity index is 1.53. The zero-order valence-corrected chi connectivity index (χ0v) is 18.9. The number of carbonyl (C=O) groups excluding carboxylic acids is 1. The molecule has 0 N–H and O–H groups in total. The minimum absolute atomic E-state index is 0.00319. The molecule has 3 aromatic rings. The number of benzene rings is 3. The van der Waals surface area contributed by atoms with Crippen molar-refractivity contribution in [2.75, 3.05) is 29.1 Å². The maximum Gasteiger partial charge on any atom is 0.249 e. The maximum atomic E-state index is 15.8. The molecule has 1 saturated heterocycles. The van der Waals surface area contributed by atoms with Gasteiger partial charge < -0.3 is 9.80 Å². The molecule has 1 amide bonds. The number of hydrogen-bond donors (Lipinski definition) is 0. The number of para-hydroxylation sites is 1. The molecular weight excluding hydrogens is 439 g/mol. The van der Waals surface area contributed by atoms with Gasteiger partial charge in [0.15, 0.2) is 15.7 Å². The molecule has 33 heavy (non-hydrogen) atoms. The second-order valence-electron chi connectivity index (χ2n) is 8.32. The van der Waals surface area contributed by atoms with Crippen LogP contribution in [0.3, 0.4) is 0 Å². The Morgan fingerprint density at radius 2 is 1.67 bits per heavy atom. The van der Waals surface area contributed by atoms with Gasteiger partial charge >= 0.3 is 0 Å². The van der Waals surface area contributed by atoms with E-state index in [1.165, 1.54) is 11.0 Å². The van der Waals surface area contributed by atoms with Crippen LogP contribution in [0, 0.1) is 5.82 Å². The van der Waals surface area contributed by atoms with E-state index in [4.69, 9.17) is 0 Å². The molecule has 5 rings (SSSR count). The molecule has 2 heterocycles. The average molecular weight is 463 g/mol. The minimum atomic E-state index is -3.89. The fourth-order valence-corrected chi connectivity index (χ4v) is 5.75. The normalized spacial score (nSPS) is 18.0. The summed E-state index contributed by atoms with van der Waals surface area (Å²) in [4.78, 5) is 16.5. The number of fused-ring (bicyclic) bond motifs is 1. The lowest BCUT2D eigenvalue weighted by Gasteiger charge is -2.32. The van der Waals surface area contributed by atoms with Crippen LogP contribution in [0.2, 0.25) is 0 Å². The van der Waals surface area contributed by atoms with Gasteiger partial charge in [-0.3, -0.25) is 4.79 Å². The van der Waals surface area contributed by atoms with Crippen LogP contribution >= 0.6 is 0 Å². The molecule has 1 fully saturated rings. The molecule has 0 spiro atoms. The van der Waals surface area contributed by atoms with Crippen molar-refractivity contribution in [3.8, 4) is 11.1 Å². The van der Waals surface area contributed by atoms with Gasteiger partial charge in [0.1, 0.15) is 10.9 Å². The summed E-state index contributed by atoms with van der Waals surface area (Å²) in [6, 6.07) is 19.3. The van der Waals surface area contributed by atoms with Crippen molar-refractivity contribution in [1.82, 2.24) is 0 Å². The van der Waals surface area contributed by atoms with E-state index < -0.39 is 21.7 Å². The van der Waals surface area contributed by atoms with E-state index in [-0.39, 0.29) is 22.1 Å². The summed E-state index contributed by atoms with van der Waals surface area (Å²) in [5.74, 6) is -1.11. The number of carbonyl (C=O) groups is 1. The number of halogens is 1. The molecule has 0 aliphatic carbocycles. The molecule has 0 aromatic heterocycles. The monoisotopic (exact) mass is 462 g/mol. The third-order valence-electron chi connectivity index (χ3n) is 6.22. The highest BCUT2D eigenvalue weighted by Crippen LogP contribution is 2.38. The molecule has 7 heteroatoms. The van der Waals surface area contributed by atoms with Crippen molar-refractivity contribution in [1.29, 1.82) is 0 Å². The van der Waals surface area contributed by atoms with E-state index >= 15 is 4.39 Å². The van der Waals surface area contributed by atoms with Gasteiger partial charge in [0.25, 0.3) is 0 Å². The minimum Gasteiger partial charge on any atom is -0.355 e. The standard InChI is InChI=1S/C26H23FN2O3S/c1-33(31,32)25-20(18-8-3-2-4-9-18)13-14-22(24(25)27)29-17-15-23(26(29)30)28-16-7-11-19-10-5-6-12-21(19)28/h2-14,23H,15-17H2,1H3/t23-/m0/s1. The van der Waals surface area contributed by atoms with Crippen LogP contribution in [0.15, 0.2) is 77.7 Å². The molecule has 0 unspecified atom stereocenters. The van der Waals surface area contributed by atoms with E-state index in [2.05, 4.69) is 0 Å². The highest BCUT2D eigenvalue weighted by atomic mass is 32.2. The Kier molecular flexibility index (Phi) is 5.29. The smallest absolute Gasteiger partial charge is 0.249 e. The Hall–Kier alpha value is -3.45. The van der Waals surface area contributed by atoms with Crippen molar-refractivity contribution in [3.63, 3.8) is 0 Å². The first-order valence-corrected chi connectivity index (χ1v) is 12.7. The predicted octanol–water partition coefficient (Wildman–Crippen LogP) is 4.53. The van der Waals surface area contributed by atoms with Gasteiger partial charge in [0.2, 0.25) is 5.91 Å². The van der Waals surface area contributed by atoms with Crippen molar-refractivity contribution in [2.24, 2.45) is 0 Å². The molecule has 1 atom stereocenters. The number of sulfone groups is 1. The van der Waals surface area contributed by atoms with E-state index in [1.807, 2.05) is 47.4 Å². The molecule has 168 valence electrons. The SMILES string of the molecule is CS(=O)(=O)c1c(-c2ccccc2)ccc(N2CC[C@H](N3CC=Cc4ccccc43)C2=O)c1F. The second-order valence-corrected chi connectivity index (χ2v) is 10.3. The number of anilines is 2. The quantitative estimate of drug-likeness (QED) is 0.572. The van der Waals surface area contributed by atoms with Gasteiger partial charge in [-0.05, 0) is 29.7 Å². The zero-order chi connectivity index (χ0) is 23.2. The van der Waals surface area contributed by atoms with Crippen LogP contribution in [0.25, 0.3) is 17.2 Å². The van der Waals surface area contributed by atoms with E-state index in [9.17, 15) is 13.2 Å². The number of nitrogens with zero attached hydrogens (tertiary/aromatic N) is 2. The Morgan fingerprint density at radius 1 is 0.939 bits per heavy atom. The fraction of sp³-hybridized carbons (Fsp3) is 0.192. The molecule has 0 saturated carbocycles. The lowest BCUT2D eigenvalue weighted by Crippen LogP contribution is -2.43. The highest BCUT2D eigenvalue weighted by molar-refractivity contribution is 7.90. The van der Waals surface area contributed by atoms with Gasteiger partial charge in [-0.15, -0.1) is 0 Å². The second kappa shape index (κ2) is 8.15.